The Balaban J connectivity index is 2.49. The Morgan fingerprint density at radius 1 is 1.27 bits per heavy atom. The van der Waals surface area contributed by atoms with Crippen LogP contribution < -0.4 is 0 Å². The van der Waals surface area contributed by atoms with E-state index in [1.165, 1.54) is 0 Å². The molecule has 0 saturated carbocycles. The Kier molecular flexibility index (Phi) is 4.55. The molecule has 1 saturated heterocycles. The van der Waals surface area contributed by atoms with Gasteiger partial charge in [-0.1, -0.05) is 6.92 Å². The Labute approximate surface area is 93.3 Å². The highest BCUT2D eigenvalue weighted by Gasteiger charge is 2.27. The van der Waals surface area contributed by atoms with Crippen molar-refractivity contribution in [2.75, 3.05) is 32.4 Å². The molecule has 0 N–H and O–H groups in total. The van der Waals surface area contributed by atoms with E-state index in [0.717, 1.165) is 19.4 Å². The average Bonchev–Trinajstić information content (AvgIpc) is 2.28. The molecule has 0 aromatic carbocycles. The maximum absolute atomic E-state index is 11.6. The van der Waals surface area contributed by atoms with E-state index in [1.807, 2.05) is 0 Å². The first-order valence-electron chi connectivity index (χ1n) is 5.69. The van der Waals surface area contributed by atoms with E-state index < -0.39 is 10.0 Å². The molecule has 0 atom stereocenters. The van der Waals surface area contributed by atoms with Gasteiger partial charge in [0.05, 0.1) is 5.75 Å². The van der Waals surface area contributed by atoms with Crippen LogP contribution in [0.4, 0.5) is 0 Å². The minimum absolute atomic E-state index is 0.223. The van der Waals surface area contributed by atoms with E-state index in [4.69, 9.17) is 0 Å². The van der Waals surface area contributed by atoms with Crippen LogP contribution in [0.2, 0.25) is 0 Å². The van der Waals surface area contributed by atoms with Crippen LogP contribution in [0, 0.1) is 0 Å². The molecule has 0 unspecified atom stereocenters. The zero-order chi connectivity index (χ0) is 11.5. The van der Waals surface area contributed by atoms with Crippen molar-refractivity contribution in [1.29, 1.82) is 0 Å². The number of piperidine rings is 1. The van der Waals surface area contributed by atoms with Gasteiger partial charge in [-0.05, 0) is 33.4 Å². The molecule has 0 spiro atoms. The first-order chi connectivity index (χ1) is 7.01. The monoisotopic (exact) mass is 234 g/mol. The molecule has 5 heteroatoms. The molecule has 4 nitrogen and oxygen atoms in total. The topological polar surface area (TPSA) is 40.6 Å². The van der Waals surface area contributed by atoms with Crippen LogP contribution in [0.1, 0.15) is 26.7 Å². The predicted octanol–water partition coefficient (Wildman–Crippen LogP) is 0.752. The van der Waals surface area contributed by atoms with Crippen LogP contribution in [0.25, 0.3) is 0 Å². The van der Waals surface area contributed by atoms with Gasteiger partial charge in [0, 0.05) is 19.1 Å². The maximum Gasteiger partial charge on any atom is 0.213 e. The smallest absolute Gasteiger partial charge is 0.213 e. The van der Waals surface area contributed by atoms with Crippen LogP contribution >= 0.6 is 0 Å². The molecule has 15 heavy (non-hydrogen) atoms. The summed E-state index contributed by atoms with van der Waals surface area (Å²) in [5.74, 6) is 0.223. The van der Waals surface area contributed by atoms with E-state index in [9.17, 15) is 8.42 Å². The minimum Gasteiger partial charge on any atom is -0.304 e. The highest BCUT2D eigenvalue weighted by atomic mass is 32.2. The van der Waals surface area contributed by atoms with Gasteiger partial charge in [-0.3, -0.25) is 0 Å². The van der Waals surface area contributed by atoms with Gasteiger partial charge < -0.3 is 4.90 Å². The van der Waals surface area contributed by atoms with Gasteiger partial charge in [0.25, 0.3) is 0 Å². The molecule has 0 aromatic heterocycles. The Hall–Kier alpha value is -0.130. The van der Waals surface area contributed by atoms with Crippen molar-refractivity contribution in [2.45, 2.75) is 32.7 Å². The summed E-state index contributed by atoms with van der Waals surface area (Å²) in [6, 6.07) is 0.554. The lowest BCUT2D eigenvalue weighted by molar-refractivity contribution is 0.175. The molecule has 0 bridgehead atoms. The SMILES string of the molecule is CCN(C)C1CCN(S(=O)(=O)CC)CC1. The van der Waals surface area contributed by atoms with Crippen molar-refractivity contribution < 1.29 is 8.42 Å². The Morgan fingerprint density at radius 3 is 2.20 bits per heavy atom. The van der Waals surface area contributed by atoms with Gasteiger partial charge in [0.2, 0.25) is 10.0 Å². The number of nitrogens with zero attached hydrogens (tertiary/aromatic N) is 2. The van der Waals surface area contributed by atoms with E-state index in [-0.39, 0.29) is 5.75 Å². The minimum atomic E-state index is -2.96. The van der Waals surface area contributed by atoms with Crippen molar-refractivity contribution in [3.63, 3.8) is 0 Å². The molecular weight excluding hydrogens is 212 g/mol. The molecule has 0 aromatic rings. The van der Waals surface area contributed by atoms with Crippen molar-refractivity contribution in [3.05, 3.63) is 0 Å². The van der Waals surface area contributed by atoms with E-state index in [2.05, 4.69) is 18.9 Å². The van der Waals surface area contributed by atoms with Crippen molar-refractivity contribution >= 4 is 10.0 Å². The molecule has 0 aliphatic carbocycles. The number of sulfonamides is 1. The summed E-state index contributed by atoms with van der Waals surface area (Å²) >= 11 is 0. The standard InChI is InChI=1S/C10H22N2O2S/c1-4-11(3)10-6-8-12(9-7-10)15(13,14)5-2/h10H,4-9H2,1-3H3. The van der Waals surface area contributed by atoms with Crippen LogP contribution in [0.3, 0.4) is 0 Å². The maximum atomic E-state index is 11.6. The fourth-order valence-electron chi connectivity index (χ4n) is 2.00. The Morgan fingerprint density at radius 2 is 1.80 bits per heavy atom. The molecule has 0 amide bonds. The summed E-state index contributed by atoms with van der Waals surface area (Å²) in [6.07, 6.45) is 1.92. The predicted molar refractivity (Wildman–Crippen MR) is 62.4 cm³/mol. The fourth-order valence-corrected chi connectivity index (χ4v) is 3.13. The lowest BCUT2D eigenvalue weighted by Crippen LogP contribution is -2.45. The van der Waals surface area contributed by atoms with Crippen LogP contribution in [-0.2, 0) is 10.0 Å². The quantitative estimate of drug-likeness (QED) is 0.721. The third-order valence-electron chi connectivity index (χ3n) is 3.30. The molecular formula is C10H22N2O2S. The lowest BCUT2D eigenvalue weighted by Gasteiger charge is -2.35. The largest absolute Gasteiger partial charge is 0.304 e. The van der Waals surface area contributed by atoms with Crippen molar-refractivity contribution in [2.24, 2.45) is 0 Å². The first-order valence-corrected chi connectivity index (χ1v) is 7.30. The zero-order valence-corrected chi connectivity index (χ0v) is 10.8. The van der Waals surface area contributed by atoms with Crippen LogP contribution in [0.15, 0.2) is 0 Å². The summed E-state index contributed by atoms with van der Waals surface area (Å²) in [5.41, 5.74) is 0. The average molecular weight is 234 g/mol. The van der Waals surface area contributed by atoms with Gasteiger partial charge >= 0.3 is 0 Å². The number of rotatable bonds is 4. The van der Waals surface area contributed by atoms with Gasteiger partial charge in [-0.25, -0.2) is 12.7 Å². The summed E-state index contributed by atoms with van der Waals surface area (Å²) in [4.78, 5) is 2.30. The van der Waals surface area contributed by atoms with Gasteiger partial charge in [0.15, 0.2) is 0 Å². The molecule has 0 radical (unpaired) electrons. The van der Waals surface area contributed by atoms with Gasteiger partial charge in [0.1, 0.15) is 0 Å². The molecule has 1 rings (SSSR count). The molecule has 90 valence electrons. The van der Waals surface area contributed by atoms with E-state index in [1.54, 1.807) is 11.2 Å². The van der Waals surface area contributed by atoms with E-state index in [0.29, 0.717) is 19.1 Å². The highest BCUT2D eigenvalue weighted by Crippen LogP contribution is 2.17. The van der Waals surface area contributed by atoms with Crippen molar-refractivity contribution in [1.82, 2.24) is 9.21 Å². The summed E-state index contributed by atoms with van der Waals surface area (Å²) in [7, 11) is -0.856. The molecule has 1 fully saturated rings. The van der Waals surface area contributed by atoms with Crippen molar-refractivity contribution in [3.8, 4) is 0 Å². The third-order valence-corrected chi connectivity index (χ3v) is 5.19. The fraction of sp³-hybridized carbons (Fsp3) is 1.00. The first kappa shape index (κ1) is 12.9. The second-order valence-corrected chi connectivity index (χ2v) is 6.36. The zero-order valence-electron chi connectivity index (χ0n) is 9.94. The van der Waals surface area contributed by atoms with Crippen LogP contribution in [0.5, 0.6) is 0 Å². The van der Waals surface area contributed by atoms with Gasteiger partial charge in [-0.15, -0.1) is 0 Å². The molecule has 1 heterocycles. The summed E-state index contributed by atoms with van der Waals surface area (Å²) in [6.45, 7) is 6.25. The highest BCUT2D eigenvalue weighted by molar-refractivity contribution is 7.89. The number of hydrogen-bond acceptors (Lipinski definition) is 3. The summed E-state index contributed by atoms with van der Waals surface area (Å²) in [5, 5.41) is 0. The second kappa shape index (κ2) is 5.27. The van der Waals surface area contributed by atoms with E-state index >= 15 is 0 Å². The second-order valence-electron chi connectivity index (χ2n) is 4.10. The summed E-state index contributed by atoms with van der Waals surface area (Å²) < 4.78 is 24.9. The molecule has 1 aliphatic heterocycles. The normalized spacial score (nSPS) is 21.1. The lowest BCUT2D eigenvalue weighted by atomic mass is 10.1. The van der Waals surface area contributed by atoms with Gasteiger partial charge in [-0.2, -0.15) is 0 Å². The Bertz CT molecular complexity index is 282. The molecule has 1 aliphatic rings. The van der Waals surface area contributed by atoms with Crippen LogP contribution in [-0.4, -0.2) is 56.1 Å². The third kappa shape index (κ3) is 3.16. The number of hydrogen-bond donors (Lipinski definition) is 0.